The van der Waals surface area contributed by atoms with Crippen molar-refractivity contribution >= 4 is 63.1 Å². The molecular formula is C38H45Cl2NO5S. The summed E-state index contributed by atoms with van der Waals surface area (Å²) in [4.78, 5) is 17.2. The van der Waals surface area contributed by atoms with Gasteiger partial charge in [0.25, 0.3) is 0 Å². The number of benzene rings is 4. The van der Waals surface area contributed by atoms with E-state index in [-0.39, 0.29) is 11.2 Å². The Kier molecular flexibility index (Phi) is 14.8. The van der Waals surface area contributed by atoms with E-state index < -0.39 is 0 Å². The van der Waals surface area contributed by atoms with Gasteiger partial charge in [0.1, 0.15) is 0 Å². The monoisotopic (exact) mass is 697 g/mol. The number of halogens is 2. The lowest BCUT2D eigenvalue weighted by molar-refractivity contribution is -0.167. The molecule has 252 valence electrons. The van der Waals surface area contributed by atoms with Gasteiger partial charge >= 0.3 is 0 Å². The highest BCUT2D eigenvalue weighted by Gasteiger charge is 2.16. The van der Waals surface area contributed by atoms with E-state index in [1.807, 2.05) is 43.3 Å². The van der Waals surface area contributed by atoms with Crippen molar-refractivity contribution in [3.05, 3.63) is 112 Å². The van der Waals surface area contributed by atoms with Crippen molar-refractivity contribution in [3.63, 3.8) is 0 Å². The van der Waals surface area contributed by atoms with Crippen molar-refractivity contribution in [1.29, 1.82) is 0 Å². The van der Waals surface area contributed by atoms with Gasteiger partial charge in [-0.2, -0.15) is 0 Å². The van der Waals surface area contributed by atoms with Gasteiger partial charge in [0, 0.05) is 39.2 Å². The molecule has 0 N–H and O–H groups in total. The molecule has 0 amide bonds. The van der Waals surface area contributed by atoms with Crippen molar-refractivity contribution < 1.29 is 22.9 Å². The van der Waals surface area contributed by atoms with E-state index in [4.69, 9.17) is 32.1 Å². The molecule has 0 aliphatic carbocycles. The number of hydrogen-bond donors (Lipinski definition) is 0. The number of hydrogen-bond acceptors (Lipinski definition) is 6. The molecule has 0 fully saturated rings. The van der Waals surface area contributed by atoms with Gasteiger partial charge in [-0.05, 0) is 72.4 Å². The number of carbonyl (C=O) groups is 1. The van der Waals surface area contributed by atoms with Crippen LogP contribution in [-0.4, -0.2) is 37.3 Å². The Balaban J connectivity index is 0.000000276. The van der Waals surface area contributed by atoms with Crippen molar-refractivity contribution in [3.8, 4) is 5.69 Å². The standard InChI is InChI=1S/C25H15Cl2NO.C7H16O.C6H14O3S/c26-17-11-14-22(27)21(15-17)25(29)16-9-12-18(13-10-16)28-23-7-3-1-5-19(23)20-6-2-4-8-24(20)28;1-5-8-6-7(2,3)4;1-6(2,3)5-8-10-9-7-4/h1-15H;5-6H2,1-4H3;5H2,1-4H3. The third-order valence-corrected chi connectivity index (χ3v) is 7.49. The van der Waals surface area contributed by atoms with Crippen LogP contribution in [-0.2, 0) is 18.1 Å². The molecule has 5 rings (SSSR count). The maximum Gasteiger partial charge on any atom is 0.194 e. The van der Waals surface area contributed by atoms with Gasteiger partial charge in [-0.3, -0.25) is 8.98 Å². The van der Waals surface area contributed by atoms with Gasteiger partial charge in [-0.25, -0.2) is 4.89 Å². The maximum atomic E-state index is 12.9. The van der Waals surface area contributed by atoms with Crippen LogP contribution in [0.4, 0.5) is 0 Å². The van der Waals surface area contributed by atoms with Crippen LogP contribution in [0.1, 0.15) is 64.4 Å². The van der Waals surface area contributed by atoms with Crippen LogP contribution in [0.2, 0.25) is 10.0 Å². The summed E-state index contributed by atoms with van der Waals surface area (Å²) >= 11 is 13.1. The predicted molar refractivity (Wildman–Crippen MR) is 198 cm³/mol. The van der Waals surface area contributed by atoms with Gasteiger partial charge in [0.15, 0.2) is 18.1 Å². The summed E-state index contributed by atoms with van der Waals surface area (Å²) in [5.74, 6) is -0.147. The number of para-hydroxylation sites is 2. The first-order valence-corrected chi connectivity index (χ1v) is 16.8. The molecule has 0 atom stereocenters. The van der Waals surface area contributed by atoms with Crippen molar-refractivity contribution in [1.82, 2.24) is 4.57 Å². The number of ether oxygens (including phenoxy) is 1. The summed E-state index contributed by atoms with van der Waals surface area (Å²) in [6.07, 6.45) is 0. The molecule has 9 heteroatoms. The Morgan fingerprint density at radius 2 is 1.32 bits per heavy atom. The van der Waals surface area contributed by atoms with E-state index in [9.17, 15) is 4.79 Å². The quantitative estimate of drug-likeness (QED) is 0.0502. The van der Waals surface area contributed by atoms with Crippen LogP contribution in [0.25, 0.3) is 27.5 Å². The van der Waals surface area contributed by atoms with E-state index in [0.717, 1.165) is 42.3 Å². The van der Waals surface area contributed by atoms with Crippen LogP contribution < -0.4 is 0 Å². The number of carbonyl (C=O) groups excluding carboxylic acids is 1. The molecule has 47 heavy (non-hydrogen) atoms. The number of rotatable bonds is 9. The van der Waals surface area contributed by atoms with Gasteiger partial charge in [-0.15, -0.1) is 4.33 Å². The zero-order valence-electron chi connectivity index (χ0n) is 28.4. The number of aromatic nitrogens is 1. The highest BCUT2D eigenvalue weighted by Crippen LogP contribution is 2.32. The summed E-state index contributed by atoms with van der Waals surface area (Å²) < 4.78 is 16.8. The first kappa shape index (κ1) is 38.6. The predicted octanol–water partition coefficient (Wildman–Crippen LogP) is 11.6. The van der Waals surface area contributed by atoms with E-state index in [1.165, 1.54) is 17.9 Å². The van der Waals surface area contributed by atoms with Crippen LogP contribution in [0.15, 0.2) is 91.0 Å². The smallest absolute Gasteiger partial charge is 0.194 e. The molecule has 0 aliphatic rings. The number of fused-ring (bicyclic) bond motifs is 3. The van der Waals surface area contributed by atoms with E-state index >= 15 is 0 Å². The summed E-state index contributed by atoms with van der Waals surface area (Å²) in [5, 5.41) is 3.29. The zero-order chi connectivity index (χ0) is 34.6. The average molecular weight is 699 g/mol. The molecule has 0 unspecified atom stereocenters. The van der Waals surface area contributed by atoms with Gasteiger partial charge in [-0.1, -0.05) is 101 Å². The van der Waals surface area contributed by atoms with Crippen LogP contribution in [0.5, 0.6) is 0 Å². The first-order valence-electron chi connectivity index (χ1n) is 15.4. The average Bonchev–Trinajstić information content (AvgIpc) is 3.37. The lowest BCUT2D eigenvalue weighted by Gasteiger charge is -2.16. The van der Waals surface area contributed by atoms with Crippen LogP contribution in [0.3, 0.4) is 0 Å². The molecule has 1 aromatic heterocycles. The van der Waals surface area contributed by atoms with Gasteiger partial charge < -0.3 is 9.30 Å². The minimum atomic E-state index is -0.147. The van der Waals surface area contributed by atoms with Gasteiger partial charge in [0.05, 0.1) is 36.4 Å². The lowest BCUT2D eigenvalue weighted by atomic mass is 9.99. The Bertz CT molecular complexity index is 1670. The van der Waals surface area contributed by atoms with Crippen molar-refractivity contribution in [2.75, 3.05) is 26.9 Å². The molecule has 0 spiro atoms. The van der Waals surface area contributed by atoms with Gasteiger partial charge in [0.2, 0.25) is 0 Å². The minimum Gasteiger partial charge on any atom is -0.381 e. The highest BCUT2D eigenvalue weighted by molar-refractivity contribution is 7.89. The SMILES string of the molecule is CCOCC(C)(C)C.COOSOCC(C)(C)C.O=C(c1ccc(-n2c3ccccc3c3ccccc32)cc1)c1cc(Cl)ccc1Cl. The molecular weight excluding hydrogens is 653 g/mol. The molecule has 0 aliphatic heterocycles. The fraction of sp³-hybridized carbons (Fsp3) is 0.342. The lowest BCUT2D eigenvalue weighted by Crippen LogP contribution is -2.14. The molecule has 0 bridgehead atoms. The fourth-order valence-corrected chi connectivity index (χ4v) is 5.32. The Morgan fingerprint density at radius 1 is 0.766 bits per heavy atom. The van der Waals surface area contributed by atoms with Crippen molar-refractivity contribution in [2.24, 2.45) is 10.8 Å². The van der Waals surface area contributed by atoms with Crippen LogP contribution in [0, 0.1) is 10.8 Å². The van der Waals surface area contributed by atoms with Crippen LogP contribution >= 0.6 is 35.5 Å². The second kappa shape index (κ2) is 18.0. The summed E-state index contributed by atoms with van der Waals surface area (Å²) in [6.45, 7) is 17.1. The zero-order valence-corrected chi connectivity index (χ0v) is 30.8. The fourth-order valence-electron chi connectivity index (χ4n) is 4.45. The Labute approximate surface area is 293 Å². The number of nitrogens with zero attached hydrogens (tertiary/aromatic N) is 1. The third-order valence-electron chi connectivity index (χ3n) is 6.52. The molecule has 6 nitrogen and oxygen atoms in total. The highest BCUT2D eigenvalue weighted by atomic mass is 35.5. The summed E-state index contributed by atoms with van der Waals surface area (Å²) in [5.41, 5.74) is 4.73. The van der Waals surface area contributed by atoms with E-state index in [1.54, 1.807) is 18.2 Å². The third kappa shape index (κ3) is 11.9. The molecule has 0 radical (unpaired) electrons. The molecule has 1 heterocycles. The molecule has 0 saturated carbocycles. The topological polar surface area (TPSA) is 58.9 Å². The van der Waals surface area contributed by atoms with E-state index in [0.29, 0.717) is 33.2 Å². The Hall–Kier alpha value is -2.88. The second-order valence-electron chi connectivity index (χ2n) is 13.2. The number of ketones is 1. The summed E-state index contributed by atoms with van der Waals surface area (Å²) in [6, 6.07) is 29.2. The maximum absolute atomic E-state index is 12.9. The second-order valence-corrected chi connectivity index (χ2v) is 14.5. The molecule has 5 aromatic rings. The normalized spacial score (nSPS) is 11.5. The summed E-state index contributed by atoms with van der Waals surface area (Å²) in [7, 11) is 1.44. The van der Waals surface area contributed by atoms with Crippen molar-refractivity contribution in [2.45, 2.75) is 48.5 Å². The molecule has 4 aromatic carbocycles. The van der Waals surface area contributed by atoms with E-state index in [2.05, 4.69) is 91.7 Å². The molecule has 0 saturated heterocycles. The first-order chi connectivity index (χ1) is 22.3. The largest absolute Gasteiger partial charge is 0.381 e. The minimum absolute atomic E-state index is 0.147. The Morgan fingerprint density at radius 3 is 1.81 bits per heavy atom.